The van der Waals surface area contributed by atoms with Crippen LogP contribution in [0.3, 0.4) is 0 Å². The largest absolute Gasteiger partial charge is 0.355 e. The molecule has 142 valence electrons. The highest BCUT2D eigenvalue weighted by atomic mass is 19.1. The van der Waals surface area contributed by atoms with E-state index in [0.29, 0.717) is 12.1 Å². The summed E-state index contributed by atoms with van der Waals surface area (Å²) >= 11 is 0. The van der Waals surface area contributed by atoms with E-state index in [1.165, 1.54) is 18.2 Å². The van der Waals surface area contributed by atoms with Crippen molar-refractivity contribution < 1.29 is 14.0 Å². The van der Waals surface area contributed by atoms with E-state index in [9.17, 15) is 14.0 Å². The summed E-state index contributed by atoms with van der Waals surface area (Å²) in [6.07, 6.45) is 3.11. The monoisotopic (exact) mass is 369 g/mol. The zero-order chi connectivity index (χ0) is 19.8. The van der Waals surface area contributed by atoms with Crippen LogP contribution in [0.15, 0.2) is 54.6 Å². The Labute approximate surface area is 158 Å². The van der Waals surface area contributed by atoms with Gasteiger partial charge in [0.2, 0.25) is 5.91 Å². The van der Waals surface area contributed by atoms with Crippen molar-refractivity contribution in [2.24, 2.45) is 0 Å². The lowest BCUT2D eigenvalue weighted by molar-refractivity contribution is -0.116. The molecule has 2 rings (SSSR count). The van der Waals surface area contributed by atoms with Crippen molar-refractivity contribution in [2.75, 3.05) is 27.7 Å². The van der Waals surface area contributed by atoms with Crippen molar-refractivity contribution >= 4 is 17.9 Å². The van der Waals surface area contributed by atoms with Crippen molar-refractivity contribution in [2.45, 2.75) is 6.04 Å². The normalized spacial score (nSPS) is 12.2. The first kappa shape index (κ1) is 20.3. The van der Waals surface area contributed by atoms with E-state index in [0.717, 1.165) is 11.1 Å². The maximum absolute atomic E-state index is 13.5. The van der Waals surface area contributed by atoms with Crippen LogP contribution in [0.5, 0.6) is 0 Å². The van der Waals surface area contributed by atoms with Gasteiger partial charge in [-0.15, -0.1) is 0 Å². The van der Waals surface area contributed by atoms with Gasteiger partial charge in [0, 0.05) is 25.2 Å². The quantitative estimate of drug-likeness (QED) is 0.738. The number of hydrogen-bond donors (Lipinski definition) is 2. The average molecular weight is 369 g/mol. The minimum absolute atomic E-state index is 0.134. The van der Waals surface area contributed by atoms with Gasteiger partial charge in [-0.3, -0.25) is 9.59 Å². The summed E-state index contributed by atoms with van der Waals surface area (Å²) in [6.45, 7) is 0.356. The van der Waals surface area contributed by atoms with E-state index < -0.39 is 0 Å². The molecule has 0 aliphatic carbocycles. The minimum atomic E-state index is -0.300. The summed E-state index contributed by atoms with van der Waals surface area (Å²) in [7, 11) is 5.34. The molecule has 0 spiro atoms. The summed E-state index contributed by atoms with van der Waals surface area (Å²) in [5.41, 5.74) is 2.17. The first-order valence-electron chi connectivity index (χ1n) is 8.60. The molecule has 1 unspecified atom stereocenters. The van der Waals surface area contributed by atoms with Crippen LogP contribution in [0.1, 0.15) is 27.5 Å². The fourth-order valence-electron chi connectivity index (χ4n) is 2.63. The third-order valence-electron chi connectivity index (χ3n) is 4.15. The van der Waals surface area contributed by atoms with Crippen molar-refractivity contribution in [1.29, 1.82) is 0 Å². The molecule has 0 aromatic heterocycles. The molecule has 1 atom stereocenters. The van der Waals surface area contributed by atoms with Crippen molar-refractivity contribution in [3.8, 4) is 0 Å². The van der Waals surface area contributed by atoms with E-state index in [4.69, 9.17) is 0 Å². The SMILES string of the molecule is CNC(=O)c1ccc(/C=C/C(=O)NCC(c2cccc(F)c2)N(C)C)cc1. The Kier molecular flexibility index (Phi) is 7.25. The van der Waals surface area contributed by atoms with Crippen molar-refractivity contribution in [3.05, 3.63) is 77.1 Å². The first-order valence-corrected chi connectivity index (χ1v) is 8.60. The fourth-order valence-corrected chi connectivity index (χ4v) is 2.63. The molecule has 0 fully saturated rings. The van der Waals surface area contributed by atoms with Crippen LogP contribution < -0.4 is 10.6 Å². The zero-order valence-electron chi connectivity index (χ0n) is 15.7. The van der Waals surface area contributed by atoms with E-state index in [1.54, 1.807) is 43.5 Å². The molecule has 0 aliphatic rings. The lowest BCUT2D eigenvalue weighted by Crippen LogP contribution is -2.33. The molecular weight excluding hydrogens is 345 g/mol. The lowest BCUT2D eigenvalue weighted by Gasteiger charge is -2.24. The summed E-state index contributed by atoms with van der Waals surface area (Å²) in [5.74, 6) is -0.699. The van der Waals surface area contributed by atoms with E-state index in [-0.39, 0.29) is 23.7 Å². The van der Waals surface area contributed by atoms with E-state index in [2.05, 4.69) is 10.6 Å². The van der Waals surface area contributed by atoms with Crippen LogP contribution in [-0.2, 0) is 4.79 Å². The highest BCUT2D eigenvalue weighted by Crippen LogP contribution is 2.18. The van der Waals surface area contributed by atoms with Crippen LogP contribution in [0.4, 0.5) is 4.39 Å². The molecule has 0 radical (unpaired) electrons. The molecule has 2 aromatic rings. The first-order chi connectivity index (χ1) is 12.9. The highest BCUT2D eigenvalue weighted by molar-refractivity contribution is 5.94. The molecule has 27 heavy (non-hydrogen) atoms. The topological polar surface area (TPSA) is 61.4 Å². The Hall–Kier alpha value is -2.99. The van der Waals surface area contributed by atoms with E-state index >= 15 is 0 Å². The molecule has 0 heterocycles. The maximum Gasteiger partial charge on any atom is 0.251 e. The van der Waals surface area contributed by atoms with Gasteiger partial charge in [-0.1, -0.05) is 24.3 Å². The Balaban J connectivity index is 1.95. The molecule has 0 saturated carbocycles. The van der Waals surface area contributed by atoms with Gasteiger partial charge in [0.15, 0.2) is 0 Å². The minimum Gasteiger partial charge on any atom is -0.355 e. The number of halogens is 1. The summed E-state index contributed by atoms with van der Waals surface area (Å²) in [6, 6.07) is 13.2. The number of nitrogens with one attached hydrogen (secondary N) is 2. The van der Waals surface area contributed by atoms with Gasteiger partial charge in [0.25, 0.3) is 5.91 Å². The van der Waals surface area contributed by atoms with Gasteiger partial charge < -0.3 is 15.5 Å². The Morgan fingerprint density at radius 2 is 1.85 bits per heavy atom. The molecule has 2 N–H and O–H groups in total. The number of carbonyl (C=O) groups is 2. The Bertz CT molecular complexity index is 816. The fraction of sp³-hybridized carbons (Fsp3) is 0.238. The summed E-state index contributed by atoms with van der Waals surface area (Å²) in [4.78, 5) is 25.5. The zero-order valence-corrected chi connectivity index (χ0v) is 15.7. The molecule has 2 amide bonds. The number of benzene rings is 2. The molecule has 6 heteroatoms. The molecule has 5 nitrogen and oxygen atoms in total. The highest BCUT2D eigenvalue weighted by Gasteiger charge is 2.15. The Morgan fingerprint density at radius 3 is 2.44 bits per heavy atom. The summed E-state index contributed by atoms with van der Waals surface area (Å²) in [5, 5.41) is 5.39. The Morgan fingerprint density at radius 1 is 1.15 bits per heavy atom. The number of amides is 2. The van der Waals surface area contributed by atoms with Crippen molar-refractivity contribution in [3.63, 3.8) is 0 Å². The van der Waals surface area contributed by atoms with Crippen LogP contribution in [0.25, 0.3) is 6.08 Å². The van der Waals surface area contributed by atoms with Gasteiger partial charge in [-0.2, -0.15) is 0 Å². The van der Waals surface area contributed by atoms with Gasteiger partial charge in [-0.05, 0) is 55.6 Å². The molecule has 2 aromatic carbocycles. The van der Waals surface area contributed by atoms with Gasteiger partial charge in [-0.25, -0.2) is 4.39 Å². The third-order valence-corrected chi connectivity index (χ3v) is 4.15. The van der Waals surface area contributed by atoms with Crippen molar-refractivity contribution in [1.82, 2.24) is 15.5 Å². The van der Waals surface area contributed by atoms with Crippen LogP contribution in [-0.4, -0.2) is 44.4 Å². The average Bonchev–Trinajstić information content (AvgIpc) is 2.66. The number of nitrogens with zero attached hydrogens (tertiary/aromatic N) is 1. The van der Waals surface area contributed by atoms with Crippen LogP contribution in [0, 0.1) is 5.82 Å². The molecule has 0 bridgehead atoms. The predicted octanol–water partition coefficient (Wildman–Crippen LogP) is 2.62. The standard InChI is InChI=1S/C21H24FN3O2/c1-23-21(27)16-10-7-15(8-11-16)9-12-20(26)24-14-19(25(2)3)17-5-4-6-18(22)13-17/h4-13,19H,14H2,1-3H3,(H,23,27)(H,24,26)/b12-9+. The molecular formula is C21H24FN3O2. The third kappa shape index (κ3) is 6.04. The van der Waals surface area contributed by atoms with Crippen LogP contribution >= 0.6 is 0 Å². The second-order valence-electron chi connectivity index (χ2n) is 6.31. The van der Waals surface area contributed by atoms with Gasteiger partial charge >= 0.3 is 0 Å². The number of carbonyl (C=O) groups excluding carboxylic acids is 2. The van der Waals surface area contributed by atoms with Gasteiger partial charge in [0.1, 0.15) is 5.82 Å². The number of hydrogen-bond acceptors (Lipinski definition) is 3. The number of rotatable bonds is 7. The number of likely N-dealkylation sites (N-methyl/N-ethyl adjacent to an activating group) is 1. The molecule has 0 aliphatic heterocycles. The molecule has 0 saturated heterocycles. The second kappa shape index (κ2) is 9.64. The predicted molar refractivity (Wildman–Crippen MR) is 105 cm³/mol. The van der Waals surface area contributed by atoms with Gasteiger partial charge in [0.05, 0.1) is 6.04 Å². The van der Waals surface area contributed by atoms with Crippen LogP contribution in [0.2, 0.25) is 0 Å². The summed E-state index contributed by atoms with van der Waals surface area (Å²) < 4.78 is 13.5. The maximum atomic E-state index is 13.5. The smallest absolute Gasteiger partial charge is 0.251 e. The second-order valence-corrected chi connectivity index (χ2v) is 6.31. The lowest BCUT2D eigenvalue weighted by atomic mass is 10.1. The van der Waals surface area contributed by atoms with E-state index in [1.807, 2.05) is 25.1 Å².